The summed E-state index contributed by atoms with van der Waals surface area (Å²) in [6.07, 6.45) is 21.0. The van der Waals surface area contributed by atoms with E-state index in [2.05, 4.69) is 63.5 Å². The van der Waals surface area contributed by atoms with Crippen LogP contribution in [0.1, 0.15) is 117 Å². The minimum absolute atomic E-state index is 0. The molecule has 0 saturated heterocycles. The van der Waals surface area contributed by atoms with Crippen molar-refractivity contribution in [3.8, 4) is 0 Å². The summed E-state index contributed by atoms with van der Waals surface area (Å²) < 4.78 is 10.6. The van der Waals surface area contributed by atoms with Crippen LogP contribution in [-0.2, 0) is 54.2 Å². The molecule has 0 rings (SSSR count). The van der Waals surface area contributed by atoms with Crippen molar-refractivity contribution in [3.63, 3.8) is 0 Å². The molecule has 0 unspecified atom stereocenters. The molecule has 0 aliphatic heterocycles. The molecule has 0 spiro atoms. The zero-order valence-electron chi connectivity index (χ0n) is 18.9. The molecule has 0 aromatic carbocycles. The minimum atomic E-state index is 0. The van der Waals surface area contributed by atoms with Crippen molar-refractivity contribution in [2.75, 3.05) is 13.2 Å². The molecule has 0 fully saturated rings. The van der Waals surface area contributed by atoms with E-state index in [1.54, 1.807) is 0 Å². The second-order valence-electron chi connectivity index (χ2n) is 7.15. The number of hydrogen-bond acceptors (Lipinski definition) is 6. The second-order valence-corrected chi connectivity index (χ2v) is 9.15. The van der Waals surface area contributed by atoms with Crippen molar-refractivity contribution in [2.24, 2.45) is 0 Å². The Hall–Kier alpha value is 0.843. The average Bonchev–Trinajstić information content (AvgIpc) is 2.65. The van der Waals surface area contributed by atoms with Crippen molar-refractivity contribution in [1.82, 2.24) is 0 Å². The molecule has 0 aliphatic carbocycles. The Morgan fingerprint density at radius 2 is 0.759 bits per heavy atom. The zero-order chi connectivity index (χ0) is 21.3. The fourth-order valence-electron chi connectivity index (χ4n) is 2.78. The Morgan fingerprint density at radius 1 is 0.517 bits per heavy atom. The molecule has 0 atom stereocenters. The Kier molecular flexibility index (Phi) is 36.9. The molecule has 0 saturated carbocycles. The monoisotopic (exact) mass is 530 g/mol. The van der Waals surface area contributed by atoms with E-state index in [0.29, 0.717) is 13.2 Å². The maximum atomic E-state index is 5.03. The summed E-state index contributed by atoms with van der Waals surface area (Å²) >= 11 is 18.5. The van der Waals surface area contributed by atoms with Crippen LogP contribution < -0.4 is 0 Å². The van der Waals surface area contributed by atoms with Crippen LogP contribution in [0.25, 0.3) is 0 Å². The van der Waals surface area contributed by atoms with E-state index in [1.165, 1.54) is 89.9 Å². The maximum absolute atomic E-state index is 5.03. The van der Waals surface area contributed by atoms with Gasteiger partial charge in [0.1, 0.15) is 0 Å². The van der Waals surface area contributed by atoms with E-state index in [1.807, 2.05) is 0 Å². The van der Waals surface area contributed by atoms with Gasteiger partial charge in [0.15, 0.2) is 0 Å². The van der Waals surface area contributed by atoms with Crippen molar-refractivity contribution in [2.45, 2.75) is 117 Å². The van der Waals surface area contributed by atoms with E-state index in [0.717, 1.165) is 12.8 Å². The maximum Gasteiger partial charge on any atom is 2.00 e. The second kappa shape index (κ2) is 31.0. The average molecular weight is 532 g/mol. The first kappa shape index (κ1) is 34.5. The van der Waals surface area contributed by atoms with Crippen LogP contribution in [0.5, 0.6) is 0 Å². The van der Waals surface area contributed by atoms with Crippen LogP contribution in [0.2, 0.25) is 0 Å². The Morgan fingerprint density at radius 3 is 1.00 bits per heavy atom. The van der Waals surface area contributed by atoms with E-state index in [4.69, 9.17) is 9.47 Å². The number of ether oxygens (including phenoxy) is 2. The van der Waals surface area contributed by atoms with E-state index >= 15 is 0 Å². The van der Waals surface area contributed by atoms with Gasteiger partial charge in [-0.25, -0.2) is 0 Å². The van der Waals surface area contributed by atoms with Gasteiger partial charge >= 0.3 is 19.5 Å². The third-order valence-corrected chi connectivity index (χ3v) is 4.91. The van der Waals surface area contributed by atoms with Gasteiger partial charge in [-0.05, 0) is 12.8 Å². The summed E-state index contributed by atoms with van der Waals surface area (Å²) in [5.41, 5.74) is 0. The number of hydrogen-bond donors (Lipinski definition) is 0. The Bertz CT molecular complexity index is 313. The quantitative estimate of drug-likeness (QED) is 0.0767. The number of unbranched alkanes of at least 4 members (excludes halogenated alkanes) is 14. The molecule has 0 heterocycles. The van der Waals surface area contributed by atoms with Gasteiger partial charge in [0.2, 0.25) is 0 Å². The third kappa shape index (κ3) is 39.8. The number of thiocarbonyl (C=S) groups is 2. The normalized spacial score (nSPS) is 9.72. The summed E-state index contributed by atoms with van der Waals surface area (Å²) in [7, 11) is 0. The molecule has 7 heteroatoms. The van der Waals surface area contributed by atoms with Gasteiger partial charge in [0, 0.05) is 8.77 Å². The fraction of sp³-hybridized carbons (Fsp3) is 0.909. The smallest absolute Gasteiger partial charge is 0.514 e. The van der Waals surface area contributed by atoms with Crippen LogP contribution in [0, 0.1) is 0 Å². The predicted molar refractivity (Wildman–Crippen MR) is 137 cm³/mol. The molecule has 0 bridgehead atoms. The van der Waals surface area contributed by atoms with Crippen molar-refractivity contribution >= 4 is 58.5 Å². The Labute approximate surface area is 216 Å². The summed E-state index contributed by atoms with van der Waals surface area (Å²) in [6, 6.07) is 0. The first-order valence-corrected chi connectivity index (χ1v) is 12.8. The summed E-state index contributed by atoms with van der Waals surface area (Å²) in [5, 5.41) is 0. The van der Waals surface area contributed by atoms with E-state index in [-0.39, 0.29) is 28.2 Å². The Balaban J connectivity index is -0.000000451. The SMILES string of the molecule is CCCCCCCCCCOC(=S)[S-].CCCCCCCCCCOC(=S)[S-].[Zn+2]. The summed E-state index contributed by atoms with van der Waals surface area (Å²) in [5.74, 6) is 0. The van der Waals surface area contributed by atoms with Crippen LogP contribution in [0.3, 0.4) is 0 Å². The molecule has 0 N–H and O–H groups in total. The molecular weight excluding hydrogens is 490 g/mol. The molecule has 168 valence electrons. The summed E-state index contributed by atoms with van der Waals surface area (Å²) in [4.78, 5) is 0. The third-order valence-electron chi connectivity index (χ3n) is 4.44. The first-order valence-electron chi connectivity index (χ1n) is 11.2. The molecule has 0 radical (unpaired) electrons. The first-order chi connectivity index (χ1) is 13.5. The number of rotatable bonds is 18. The zero-order valence-corrected chi connectivity index (χ0v) is 25.1. The van der Waals surface area contributed by atoms with E-state index in [9.17, 15) is 0 Å². The topological polar surface area (TPSA) is 18.5 Å². The van der Waals surface area contributed by atoms with Gasteiger partial charge in [0.05, 0.1) is 13.2 Å². The van der Waals surface area contributed by atoms with Gasteiger partial charge in [-0.15, -0.1) is 0 Å². The molecule has 29 heavy (non-hydrogen) atoms. The van der Waals surface area contributed by atoms with Crippen LogP contribution >= 0.6 is 24.4 Å². The molecule has 0 aliphatic rings. The molecule has 2 nitrogen and oxygen atoms in total. The predicted octanol–water partition coefficient (Wildman–Crippen LogP) is 7.95. The van der Waals surface area contributed by atoms with Gasteiger partial charge < -0.3 is 59.2 Å². The molecule has 0 aromatic rings. The van der Waals surface area contributed by atoms with Crippen LogP contribution in [0.4, 0.5) is 0 Å². The minimum Gasteiger partial charge on any atom is -0.514 e. The molecule has 0 aromatic heterocycles. The van der Waals surface area contributed by atoms with Gasteiger partial charge in [-0.2, -0.15) is 0 Å². The van der Waals surface area contributed by atoms with Gasteiger partial charge in [-0.1, -0.05) is 104 Å². The van der Waals surface area contributed by atoms with Gasteiger partial charge in [0.25, 0.3) is 0 Å². The standard InChI is InChI=1S/2C11H22OS2.Zn/c2*1-2-3-4-5-6-7-8-9-10-12-11(13)14;/h2*2-10H2,1H3,(H,13,14);/q;;+2/p-2. The van der Waals surface area contributed by atoms with Crippen LogP contribution in [0.15, 0.2) is 0 Å². The summed E-state index contributed by atoms with van der Waals surface area (Å²) in [6.45, 7) is 5.90. The van der Waals surface area contributed by atoms with Crippen molar-refractivity contribution in [1.29, 1.82) is 0 Å². The van der Waals surface area contributed by atoms with Crippen molar-refractivity contribution in [3.05, 3.63) is 0 Å². The molecular formula is C22H42O2S4Zn. The van der Waals surface area contributed by atoms with E-state index < -0.39 is 0 Å². The van der Waals surface area contributed by atoms with Crippen molar-refractivity contribution < 1.29 is 29.0 Å². The van der Waals surface area contributed by atoms with Crippen LogP contribution in [-0.4, -0.2) is 22.0 Å². The molecule has 0 amide bonds. The largest absolute Gasteiger partial charge is 2.00 e. The van der Waals surface area contributed by atoms with Gasteiger partial charge in [-0.3, -0.25) is 0 Å². The fourth-order valence-corrected chi connectivity index (χ4v) is 3.12.